The van der Waals surface area contributed by atoms with E-state index in [2.05, 4.69) is 5.32 Å². The van der Waals surface area contributed by atoms with Crippen LogP contribution in [-0.2, 0) is 6.42 Å². The minimum absolute atomic E-state index is 0.0457. The minimum Gasteiger partial charge on any atom is -0.496 e. The van der Waals surface area contributed by atoms with Gasteiger partial charge in [0.05, 0.1) is 12.1 Å². The van der Waals surface area contributed by atoms with E-state index in [9.17, 15) is 4.39 Å². The quantitative estimate of drug-likeness (QED) is 0.900. The van der Waals surface area contributed by atoms with Crippen molar-refractivity contribution in [2.45, 2.75) is 12.5 Å². The number of hydrogen-bond donors (Lipinski definition) is 1. The van der Waals surface area contributed by atoms with Crippen molar-refractivity contribution in [3.05, 3.63) is 64.4 Å². The van der Waals surface area contributed by atoms with Gasteiger partial charge in [-0.05, 0) is 42.8 Å². The van der Waals surface area contributed by atoms with E-state index in [-0.39, 0.29) is 11.1 Å². The minimum atomic E-state index is -0.400. The predicted molar refractivity (Wildman–Crippen MR) is 79.9 cm³/mol. The molecule has 0 aliphatic rings. The van der Waals surface area contributed by atoms with Crippen LogP contribution >= 0.6 is 11.6 Å². The maximum Gasteiger partial charge on any atom is 0.141 e. The molecule has 106 valence electrons. The molecule has 0 bridgehead atoms. The summed E-state index contributed by atoms with van der Waals surface area (Å²) in [6.07, 6.45) is 0.739. The van der Waals surface area contributed by atoms with E-state index in [1.165, 1.54) is 6.07 Å². The molecule has 0 saturated heterocycles. The molecule has 0 heterocycles. The molecule has 0 aliphatic carbocycles. The van der Waals surface area contributed by atoms with Crippen molar-refractivity contribution in [1.82, 2.24) is 5.32 Å². The van der Waals surface area contributed by atoms with Crippen molar-refractivity contribution in [3.63, 3.8) is 0 Å². The summed E-state index contributed by atoms with van der Waals surface area (Å²) in [7, 11) is 3.53. The number of nitrogens with one attached hydrogen (secondary N) is 1. The highest BCUT2D eigenvalue weighted by Crippen LogP contribution is 2.27. The van der Waals surface area contributed by atoms with Gasteiger partial charge in [0.2, 0.25) is 0 Å². The number of hydrogen-bond acceptors (Lipinski definition) is 2. The highest BCUT2D eigenvalue weighted by molar-refractivity contribution is 6.30. The smallest absolute Gasteiger partial charge is 0.141 e. The van der Waals surface area contributed by atoms with Crippen molar-refractivity contribution in [3.8, 4) is 5.75 Å². The Morgan fingerprint density at radius 3 is 2.65 bits per heavy atom. The Morgan fingerprint density at radius 2 is 2.00 bits per heavy atom. The summed E-state index contributed by atoms with van der Waals surface area (Å²) in [6.45, 7) is 0. The first-order valence-corrected chi connectivity index (χ1v) is 6.77. The van der Waals surface area contributed by atoms with Crippen LogP contribution < -0.4 is 10.1 Å². The summed E-state index contributed by atoms with van der Waals surface area (Å²) in [4.78, 5) is 0. The van der Waals surface area contributed by atoms with E-state index < -0.39 is 5.82 Å². The first-order chi connectivity index (χ1) is 9.65. The molecule has 0 spiro atoms. The number of rotatable bonds is 5. The molecule has 0 fully saturated rings. The zero-order valence-electron chi connectivity index (χ0n) is 11.5. The van der Waals surface area contributed by atoms with Gasteiger partial charge in [-0.15, -0.1) is 0 Å². The maximum atomic E-state index is 13.2. The van der Waals surface area contributed by atoms with Crippen molar-refractivity contribution in [1.29, 1.82) is 0 Å². The van der Waals surface area contributed by atoms with E-state index in [0.29, 0.717) is 0 Å². The summed E-state index contributed by atoms with van der Waals surface area (Å²) in [5.41, 5.74) is 2.04. The second-order valence-electron chi connectivity index (χ2n) is 4.53. The largest absolute Gasteiger partial charge is 0.496 e. The summed E-state index contributed by atoms with van der Waals surface area (Å²) in [5.74, 6) is 0.448. The number of methoxy groups -OCH3 is 1. The molecule has 0 aromatic heterocycles. The van der Waals surface area contributed by atoms with Gasteiger partial charge in [0, 0.05) is 6.04 Å². The van der Waals surface area contributed by atoms with Crippen molar-refractivity contribution in [2.75, 3.05) is 14.2 Å². The summed E-state index contributed by atoms with van der Waals surface area (Å²) in [6, 6.07) is 12.7. The van der Waals surface area contributed by atoms with Crippen LogP contribution in [0.1, 0.15) is 17.2 Å². The van der Waals surface area contributed by atoms with Crippen LogP contribution in [0, 0.1) is 5.82 Å². The zero-order chi connectivity index (χ0) is 14.5. The van der Waals surface area contributed by atoms with Gasteiger partial charge in [0.25, 0.3) is 0 Å². The lowest BCUT2D eigenvalue weighted by atomic mass is 9.98. The molecule has 0 radical (unpaired) electrons. The molecular weight excluding hydrogens is 277 g/mol. The Hall–Kier alpha value is -1.58. The van der Waals surface area contributed by atoms with Gasteiger partial charge in [0.1, 0.15) is 11.6 Å². The van der Waals surface area contributed by atoms with Crippen LogP contribution in [0.15, 0.2) is 42.5 Å². The monoisotopic (exact) mass is 293 g/mol. The van der Waals surface area contributed by atoms with Gasteiger partial charge in [-0.1, -0.05) is 35.9 Å². The van der Waals surface area contributed by atoms with Crippen LogP contribution in [0.25, 0.3) is 0 Å². The van der Waals surface area contributed by atoms with Gasteiger partial charge in [0.15, 0.2) is 0 Å². The SMILES string of the molecule is CNC(Cc1ccccc1OC)c1ccc(F)c(Cl)c1. The average Bonchev–Trinajstić information content (AvgIpc) is 2.48. The molecular formula is C16H17ClFNO. The van der Waals surface area contributed by atoms with Crippen LogP contribution in [0.3, 0.4) is 0 Å². The number of ether oxygens (including phenoxy) is 1. The fraction of sp³-hybridized carbons (Fsp3) is 0.250. The normalized spacial score (nSPS) is 12.2. The molecule has 0 saturated carbocycles. The number of halogens is 2. The van der Waals surface area contributed by atoms with Crippen LogP contribution in [0.2, 0.25) is 5.02 Å². The molecule has 1 unspecified atom stereocenters. The summed E-state index contributed by atoms with van der Waals surface area (Å²) < 4.78 is 18.6. The summed E-state index contributed by atoms with van der Waals surface area (Å²) in [5, 5.41) is 3.37. The van der Waals surface area contributed by atoms with E-state index in [1.54, 1.807) is 19.2 Å². The Bertz CT molecular complexity index is 588. The predicted octanol–water partition coefficient (Wildman–Crippen LogP) is 3.99. The van der Waals surface area contributed by atoms with E-state index in [4.69, 9.17) is 16.3 Å². The topological polar surface area (TPSA) is 21.3 Å². The molecule has 2 aromatic carbocycles. The van der Waals surface area contributed by atoms with Gasteiger partial charge >= 0.3 is 0 Å². The van der Waals surface area contributed by atoms with E-state index in [0.717, 1.165) is 23.3 Å². The van der Waals surface area contributed by atoms with Crippen LogP contribution in [-0.4, -0.2) is 14.2 Å². The van der Waals surface area contributed by atoms with Crippen LogP contribution in [0.4, 0.5) is 4.39 Å². The van der Waals surface area contributed by atoms with E-state index in [1.807, 2.05) is 31.3 Å². The molecule has 0 amide bonds. The first kappa shape index (κ1) is 14.8. The fourth-order valence-corrected chi connectivity index (χ4v) is 2.40. The van der Waals surface area contributed by atoms with Gasteiger partial charge in [-0.25, -0.2) is 4.39 Å². The lowest BCUT2D eigenvalue weighted by Gasteiger charge is -2.18. The lowest BCUT2D eigenvalue weighted by Crippen LogP contribution is -2.19. The molecule has 20 heavy (non-hydrogen) atoms. The highest BCUT2D eigenvalue weighted by Gasteiger charge is 2.14. The van der Waals surface area contributed by atoms with E-state index >= 15 is 0 Å². The standard InChI is InChI=1S/C16H17ClFNO/c1-19-15(11-7-8-14(18)13(17)9-11)10-12-5-3-4-6-16(12)20-2/h3-9,15,19H,10H2,1-2H3. The number of para-hydroxylation sites is 1. The van der Waals surface area contributed by atoms with Crippen LogP contribution in [0.5, 0.6) is 5.75 Å². The highest BCUT2D eigenvalue weighted by atomic mass is 35.5. The fourth-order valence-electron chi connectivity index (χ4n) is 2.21. The van der Waals surface area contributed by atoms with Gasteiger partial charge < -0.3 is 10.1 Å². The average molecular weight is 294 g/mol. The van der Waals surface area contributed by atoms with Gasteiger partial charge in [-0.3, -0.25) is 0 Å². The Kier molecular flexibility index (Phi) is 4.99. The zero-order valence-corrected chi connectivity index (χ0v) is 12.2. The Morgan fingerprint density at radius 1 is 1.25 bits per heavy atom. The lowest BCUT2D eigenvalue weighted by molar-refractivity contribution is 0.406. The third-order valence-electron chi connectivity index (χ3n) is 3.31. The maximum absolute atomic E-state index is 13.2. The molecule has 0 aliphatic heterocycles. The molecule has 1 atom stereocenters. The van der Waals surface area contributed by atoms with Crippen molar-refractivity contribution < 1.29 is 9.13 Å². The first-order valence-electron chi connectivity index (χ1n) is 6.39. The second-order valence-corrected chi connectivity index (χ2v) is 4.94. The molecule has 2 aromatic rings. The molecule has 1 N–H and O–H groups in total. The molecule has 4 heteroatoms. The second kappa shape index (κ2) is 6.73. The van der Waals surface area contributed by atoms with Crippen molar-refractivity contribution >= 4 is 11.6 Å². The Labute approximate surface area is 123 Å². The number of likely N-dealkylation sites (N-methyl/N-ethyl adjacent to an activating group) is 1. The Balaban J connectivity index is 2.26. The van der Waals surface area contributed by atoms with Crippen molar-refractivity contribution in [2.24, 2.45) is 0 Å². The third kappa shape index (κ3) is 3.30. The number of benzene rings is 2. The summed E-state index contributed by atoms with van der Waals surface area (Å²) >= 11 is 5.85. The van der Waals surface area contributed by atoms with Gasteiger partial charge in [-0.2, -0.15) is 0 Å². The molecule has 2 rings (SSSR count). The molecule has 2 nitrogen and oxygen atoms in total. The third-order valence-corrected chi connectivity index (χ3v) is 3.60.